The van der Waals surface area contributed by atoms with Gasteiger partial charge in [-0.2, -0.15) is 0 Å². The third kappa shape index (κ3) is 3.05. The van der Waals surface area contributed by atoms with Crippen molar-refractivity contribution in [1.82, 2.24) is 9.29 Å². The first-order valence-corrected chi connectivity index (χ1v) is 8.65. The van der Waals surface area contributed by atoms with E-state index >= 15 is 0 Å². The van der Waals surface area contributed by atoms with Crippen molar-refractivity contribution in [3.05, 3.63) is 66.4 Å². The van der Waals surface area contributed by atoms with Crippen LogP contribution in [0.2, 0.25) is 0 Å². The maximum Gasteiger partial charge on any atom is 0.240 e. The minimum absolute atomic E-state index is 0.310. The van der Waals surface area contributed by atoms with Crippen LogP contribution in [-0.2, 0) is 16.6 Å². The van der Waals surface area contributed by atoms with Gasteiger partial charge in [-0.15, -0.1) is 0 Å². The second kappa shape index (κ2) is 5.94. The number of benzene rings is 2. The zero-order chi connectivity index (χ0) is 15.6. The summed E-state index contributed by atoms with van der Waals surface area (Å²) in [6, 6.07) is 17.0. The highest BCUT2D eigenvalue weighted by Crippen LogP contribution is 2.15. The van der Waals surface area contributed by atoms with Crippen molar-refractivity contribution >= 4 is 20.9 Å². The van der Waals surface area contributed by atoms with Gasteiger partial charge in [-0.25, -0.2) is 13.1 Å². The number of rotatable bonds is 5. The van der Waals surface area contributed by atoms with Crippen molar-refractivity contribution in [3.8, 4) is 0 Å². The van der Waals surface area contributed by atoms with E-state index in [0.29, 0.717) is 18.0 Å². The summed E-state index contributed by atoms with van der Waals surface area (Å²) in [5.41, 5.74) is 2.04. The van der Waals surface area contributed by atoms with E-state index in [1.165, 1.54) is 0 Å². The lowest BCUT2D eigenvalue weighted by Gasteiger charge is -2.09. The molecule has 3 rings (SSSR count). The molecule has 0 amide bonds. The lowest BCUT2D eigenvalue weighted by Crippen LogP contribution is -2.27. The summed E-state index contributed by atoms with van der Waals surface area (Å²) in [6.07, 6.45) is 1.98. The minimum Gasteiger partial charge on any atom is -0.346 e. The van der Waals surface area contributed by atoms with Crippen LogP contribution in [0.1, 0.15) is 5.56 Å². The fourth-order valence-electron chi connectivity index (χ4n) is 2.50. The predicted molar refractivity (Wildman–Crippen MR) is 88.3 cm³/mol. The van der Waals surface area contributed by atoms with Crippen LogP contribution in [0.5, 0.6) is 0 Å². The molecule has 0 radical (unpaired) electrons. The highest BCUT2D eigenvalue weighted by molar-refractivity contribution is 7.89. The molecule has 1 aromatic heterocycles. The molecule has 1 heterocycles. The third-order valence-corrected chi connectivity index (χ3v) is 5.08. The molecule has 0 spiro atoms. The molecule has 0 fully saturated rings. The Balaban J connectivity index is 1.70. The van der Waals surface area contributed by atoms with Crippen molar-refractivity contribution in [2.75, 3.05) is 6.54 Å². The average Bonchev–Trinajstić information content (AvgIpc) is 2.91. The van der Waals surface area contributed by atoms with Gasteiger partial charge in [-0.1, -0.05) is 30.3 Å². The van der Waals surface area contributed by atoms with Crippen LogP contribution in [0.3, 0.4) is 0 Å². The van der Waals surface area contributed by atoms with Crippen LogP contribution in [0, 0.1) is 6.92 Å². The van der Waals surface area contributed by atoms with Crippen LogP contribution in [0.25, 0.3) is 10.9 Å². The molecule has 114 valence electrons. The van der Waals surface area contributed by atoms with E-state index in [1.54, 1.807) is 18.2 Å². The van der Waals surface area contributed by atoms with Crippen LogP contribution in [-0.4, -0.2) is 19.5 Å². The van der Waals surface area contributed by atoms with E-state index in [2.05, 4.69) is 4.72 Å². The number of nitrogens with one attached hydrogen (secondary N) is 1. The molecule has 0 unspecified atom stereocenters. The SMILES string of the molecule is Cc1cccc(S(=O)(=O)NCCn2ccc3ccccc32)c1. The number of sulfonamides is 1. The molecule has 0 aliphatic heterocycles. The zero-order valence-electron chi connectivity index (χ0n) is 12.4. The first kappa shape index (κ1) is 14.8. The maximum atomic E-state index is 12.3. The van der Waals surface area contributed by atoms with E-state index in [1.807, 2.05) is 54.1 Å². The zero-order valence-corrected chi connectivity index (χ0v) is 13.2. The molecular formula is C17H18N2O2S. The number of hydrogen-bond acceptors (Lipinski definition) is 2. The van der Waals surface area contributed by atoms with E-state index in [0.717, 1.165) is 16.5 Å². The first-order chi connectivity index (χ1) is 10.6. The largest absolute Gasteiger partial charge is 0.346 e. The summed E-state index contributed by atoms with van der Waals surface area (Å²) >= 11 is 0. The van der Waals surface area contributed by atoms with Gasteiger partial charge in [0, 0.05) is 24.8 Å². The Morgan fingerprint density at radius 3 is 2.68 bits per heavy atom. The summed E-state index contributed by atoms with van der Waals surface area (Å²) in [4.78, 5) is 0.310. The molecule has 5 heteroatoms. The number of hydrogen-bond donors (Lipinski definition) is 1. The fourth-order valence-corrected chi connectivity index (χ4v) is 3.63. The maximum absolute atomic E-state index is 12.3. The second-order valence-electron chi connectivity index (χ2n) is 5.28. The number of fused-ring (bicyclic) bond motifs is 1. The van der Waals surface area contributed by atoms with Gasteiger partial charge in [-0.3, -0.25) is 0 Å². The smallest absolute Gasteiger partial charge is 0.240 e. The van der Waals surface area contributed by atoms with Gasteiger partial charge in [0.25, 0.3) is 0 Å². The van der Waals surface area contributed by atoms with Gasteiger partial charge >= 0.3 is 0 Å². The minimum atomic E-state index is -3.45. The molecule has 0 saturated carbocycles. The van der Waals surface area contributed by atoms with Crippen LogP contribution < -0.4 is 4.72 Å². The molecule has 0 aliphatic rings. The monoisotopic (exact) mass is 314 g/mol. The van der Waals surface area contributed by atoms with Crippen molar-refractivity contribution in [2.45, 2.75) is 18.4 Å². The van der Waals surface area contributed by atoms with Gasteiger partial charge < -0.3 is 4.57 Å². The molecule has 22 heavy (non-hydrogen) atoms. The standard InChI is InChI=1S/C17H18N2O2S/c1-14-5-4-7-16(13-14)22(20,21)18-10-12-19-11-9-15-6-2-3-8-17(15)19/h2-9,11,13,18H,10,12H2,1H3. The Bertz CT molecular complexity index is 898. The van der Waals surface area contributed by atoms with Crippen molar-refractivity contribution < 1.29 is 8.42 Å². The predicted octanol–water partition coefficient (Wildman–Crippen LogP) is 2.93. The molecule has 0 aliphatic carbocycles. The van der Waals surface area contributed by atoms with Crippen LogP contribution in [0.4, 0.5) is 0 Å². The Morgan fingerprint density at radius 2 is 1.86 bits per heavy atom. The second-order valence-corrected chi connectivity index (χ2v) is 7.05. The summed E-state index contributed by atoms with van der Waals surface area (Å²) in [6.45, 7) is 2.83. The Kier molecular flexibility index (Phi) is 4.00. The van der Waals surface area contributed by atoms with E-state index in [4.69, 9.17) is 0 Å². The quantitative estimate of drug-likeness (QED) is 0.787. The highest BCUT2D eigenvalue weighted by atomic mass is 32.2. The van der Waals surface area contributed by atoms with Gasteiger partial charge in [-0.05, 0) is 42.1 Å². The van der Waals surface area contributed by atoms with Crippen molar-refractivity contribution in [1.29, 1.82) is 0 Å². The summed E-state index contributed by atoms with van der Waals surface area (Å²) in [7, 11) is -3.45. The molecule has 0 atom stereocenters. The van der Waals surface area contributed by atoms with E-state index < -0.39 is 10.0 Å². The summed E-state index contributed by atoms with van der Waals surface area (Å²) in [5, 5.41) is 1.16. The average molecular weight is 314 g/mol. The molecular weight excluding hydrogens is 296 g/mol. The summed E-state index contributed by atoms with van der Waals surface area (Å²) in [5.74, 6) is 0. The van der Waals surface area contributed by atoms with Crippen molar-refractivity contribution in [3.63, 3.8) is 0 Å². The molecule has 4 nitrogen and oxygen atoms in total. The van der Waals surface area contributed by atoms with E-state index in [9.17, 15) is 8.42 Å². The van der Waals surface area contributed by atoms with Gasteiger partial charge in [0.15, 0.2) is 0 Å². The van der Waals surface area contributed by atoms with Crippen LogP contribution >= 0.6 is 0 Å². The Hall–Kier alpha value is -2.11. The Labute approximate surface area is 130 Å². The molecule has 1 N–H and O–H groups in total. The number of para-hydroxylation sites is 1. The van der Waals surface area contributed by atoms with Gasteiger partial charge in [0.1, 0.15) is 0 Å². The molecule has 0 saturated heterocycles. The topological polar surface area (TPSA) is 51.1 Å². The normalized spacial score (nSPS) is 11.9. The van der Waals surface area contributed by atoms with Gasteiger partial charge in [0.2, 0.25) is 10.0 Å². The third-order valence-electron chi connectivity index (χ3n) is 3.62. The Morgan fingerprint density at radius 1 is 1.05 bits per heavy atom. The van der Waals surface area contributed by atoms with Crippen molar-refractivity contribution in [2.24, 2.45) is 0 Å². The molecule has 3 aromatic rings. The molecule has 2 aromatic carbocycles. The van der Waals surface area contributed by atoms with E-state index in [-0.39, 0.29) is 0 Å². The number of aromatic nitrogens is 1. The first-order valence-electron chi connectivity index (χ1n) is 7.16. The number of aryl methyl sites for hydroxylation is 1. The lowest BCUT2D eigenvalue weighted by molar-refractivity contribution is 0.574. The van der Waals surface area contributed by atoms with Crippen LogP contribution in [0.15, 0.2) is 65.7 Å². The number of nitrogens with zero attached hydrogens (tertiary/aromatic N) is 1. The highest BCUT2D eigenvalue weighted by Gasteiger charge is 2.13. The fraction of sp³-hybridized carbons (Fsp3) is 0.176. The lowest BCUT2D eigenvalue weighted by atomic mass is 10.2. The molecule has 0 bridgehead atoms. The summed E-state index contributed by atoms with van der Waals surface area (Å²) < 4.78 is 29.2. The van der Waals surface area contributed by atoms with Gasteiger partial charge in [0.05, 0.1) is 4.90 Å².